The Morgan fingerprint density at radius 3 is 3.36 bits per heavy atom. The minimum absolute atomic E-state index is 0.661. The number of aromatic nitrogens is 2. The first kappa shape index (κ1) is 6.70. The van der Waals surface area contributed by atoms with Crippen LogP contribution in [0.3, 0.4) is 0 Å². The van der Waals surface area contributed by atoms with Gasteiger partial charge in [-0.3, -0.25) is 0 Å². The third-order valence-corrected chi connectivity index (χ3v) is 2.27. The summed E-state index contributed by atoms with van der Waals surface area (Å²) < 4.78 is 2.16. The van der Waals surface area contributed by atoms with Gasteiger partial charge in [0, 0.05) is 19.2 Å². The standard InChI is InChI=1S/C8H13N3/c1-6-2-3-11-5-7(9)10-8(11)4-6/h5-6H,2-4,9H2,1H3. The van der Waals surface area contributed by atoms with E-state index in [2.05, 4.69) is 16.5 Å². The summed E-state index contributed by atoms with van der Waals surface area (Å²) >= 11 is 0. The molecule has 1 unspecified atom stereocenters. The van der Waals surface area contributed by atoms with Gasteiger partial charge in [-0.05, 0) is 12.3 Å². The summed E-state index contributed by atoms with van der Waals surface area (Å²) in [5.74, 6) is 2.58. The van der Waals surface area contributed by atoms with E-state index >= 15 is 0 Å². The highest BCUT2D eigenvalue weighted by atomic mass is 15.1. The summed E-state index contributed by atoms with van der Waals surface area (Å²) in [6.45, 7) is 3.34. The molecule has 1 aromatic rings. The lowest BCUT2D eigenvalue weighted by atomic mass is 10.0. The lowest BCUT2D eigenvalue weighted by Gasteiger charge is -2.18. The number of aryl methyl sites for hydroxylation is 1. The van der Waals surface area contributed by atoms with Crippen LogP contribution in [0, 0.1) is 5.92 Å². The van der Waals surface area contributed by atoms with Crippen molar-refractivity contribution in [3.8, 4) is 0 Å². The van der Waals surface area contributed by atoms with E-state index in [-0.39, 0.29) is 0 Å². The predicted molar refractivity (Wildman–Crippen MR) is 44.1 cm³/mol. The fraction of sp³-hybridized carbons (Fsp3) is 0.625. The second-order valence-corrected chi connectivity index (χ2v) is 3.37. The third kappa shape index (κ3) is 1.11. The Bertz CT molecular complexity index is 264. The number of rotatable bonds is 0. The van der Waals surface area contributed by atoms with Crippen LogP contribution in [0.15, 0.2) is 6.20 Å². The minimum Gasteiger partial charge on any atom is -0.382 e. The fourth-order valence-electron chi connectivity index (χ4n) is 1.61. The Morgan fingerprint density at radius 2 is 2.55 bits per heavy atom. The Labute approximate surface area is 66.2 Å². The van der Waals surface area contributed by atoms with Gasteiger partial charge in [-0.2, -0.15) is 0 Å². The first-order chi connectivity index (χ1) is 5.25. The van der Waals surface area contributed by atoms with Crippen LogP contribution in [-0.2, 0) is 13.0 Å². The van der Waals surface area contributed by atoms with E-state index in [1.54, 1.807) is 0 Å². The maximum Gasteiger partial charge on any atom is 0.141 e. The number of hydrogen-bond acceptors (Lipinski definition) is 2. The Balaban J connectivity index is 2.34. The van der Waals surface area contributed by atoms with Crippen LogP contribution in [-0.4, -0.2) is 9.55 Å². The van der Waals surface area contributed by atoms with Gasteiger partial charge >= 0.3 is 0 Å². The van der Waals surface area contributed by atoms with E-state index in [1.165, 1.54) is 6.42 Å². The average Bonchev–Trinajstić information content (AvgIpc) is 2.27. The van der Waals surface area contributed by atoms with Gasteiger partial charge in [0.15, 0.2) is 0 Å². The molecule has 1 aromatic heterocycles. The molecule has 3 nitrogen and oxygen atoms in total. The summed E-state index contributed by atoms with van der Waals surface area (Å²) in [6, 6.07) is 0. The van der Waals surface area contributed by atoms with Crippen LogP contribution in [0.5, 0.6) is 0 Å². The van der Waals surface area contributed by atoms with Crippen molar-refractivity contribution < 1.29 is 0 Å². The van der Waals surface area contributed by atoms with Crippen molar-refractivity contribution in [3.05, 3.63) is 12.0 Å². The van der Waals surface area contributed by atoms with Gasteiger partial charge < -0.3 is 10.3 Å². The lowest BCUT2D eigenvalue weighted by molar-refractivity contribution is 0.409. The van der Waals surface area contributed by atoms with Crippen molar-refractivity contribution in [2.24, 2.45) is 5.92 Å². The highest BCUT2D eigenvalue weighted by Gasteiger charge is 2.15. The smallest absolute Gasteiger partial charge is 0.141 e. The fourth-order valence-corrected chi connectivity index (χ4v) is 1.61. The third-order valence-electron chi connectivity index (χ3n) is 2.27. The van der Waals surface area contributed by atoms with Crippen molar-refractivity contribution in [2.75, 3.05) is 5.73 Å². The van der Waals surface area contributed by atoms with Gasteiger partial charge in [-0.15, -0.1) is 0 Å². The molecule has 3 heteroatoms. The summed E-state index contributed by atoms with van der Waals surface area (Å²) in [5, 5.41) is 0. The van der Waals surface area contributed by atoms with Gasteiger partial charge in [-0.1, -0.05) is 6.92 Å². The number of anilines is 1. The molecular formula is C8H13N3. The van der Waals surface area contributed by atoms with Crippen LogP contribution < -0.4 is 5.73 Å². The van der Waals surface area contributed by atoms with E-state index in [1.807, 2.05) is 6.20 Å². The van der Waals surface area contributed by atoms with Gasteiger partial charge in [0.05, 0.1) is 0 Å². The number of hydrogen-bond donors (Lipinski definition) is 1. The molecule has 0 amide bonds. The van der Waals surface area contributed by atoms with Crippen LogP contribution in [0.1, 0.15) is 19.2 Å². The molecule has 0 saturated heterocycles. The van der Waals surface area contributed by atoms with Crippen molar-refractivity contribution in [3.63, 3.8) is 0 Å². The maximum absolute atomic E-state index is 5.57. The molecule has 1 aliphatic heterocycles. The lowest BCUT2D eigenvalue weighted by Crippen LogP contribution is -2.16. The van der Waals surface area contributed by atoms with Crippen LogP contribution in [0.25, 0.3) is 0 Å². The molecule has 1 aliphatic rings. The number of nitrogens with zero attached hydrogens (tertiary/aromatic N) is 2. The zero-order valence-electron chi connectivity index (χ0n) is 6.75. The van der Waals surface area contributed by atoms with Crippen LogP contribution >= 0.6 is 0 Å². The molecule has 0 radical (unpaired) electrons. The van der Waals surface area contributed by atoms with Crippen LogP contribution in [0.2, 0.25) is 0 Å². The summed E-state index contributed by atoms with van der Waals surface area (Å²) in [4.78, 5) is 4.24. The average molecular weight is 151 g/mol. The van der Waals surface area contributed by atoms with Crippen molar-refractivity contribution in [1.29, 1.82) is 0 Å². The molecule has 60 valence electrons. The highest BCUT2D eigenvalue weighted by Crippen LogP contribution is 2.19. The minimum atomic E-state index is 0.661. The van der Waals surface area contributed by atoms with E-state index in [9.17, 15) is 0 Å². The quantitative estimate of drug-likeness (QED) is 0.602. The Hall–Kier alpha value is -0.990. The van der Waals surface area contributed by atoms with Crippen molar-refractivity contribution in [2.45, 2.75) is 26.3 Å². The molecule has 2 rings (SSSR count). The molecule has 0 bridgehead atoms. The molecule has 1 atom stereocenters. The first-order valence-electron chi connectivity index (χ1n) is 4.07. The van der Waals surface area contributed by atoms with Crippen molar-refractivity contribution in [1.82, 2.24) is 9.55 Å². The van der Waals surface area contributed by atoms with Gasteiger partial charge in [0.2, 0.25) is 0 Å². The van der Waals surface area contributed by atoms with Gasteiger partial charge in [0.25, 0.3) is 0 Å². The van der Waals surface area contributed by atoms with Crippen molar-refractivity contribution >= 4 is 5.82 Å². The summed E-state index contributed by atoms with van der Waals surface area (Å²) in [7, 11) is 0. The van der Waals surface area contributed by atoms with E-state index < -0.39 is 0 Å². The normalized spacial score (nSPS) is 23.2. The monoisotopic (exact) mass is 151 g/mol. The Kier molecular flexibility index (Phi) is 1.37. The van der Waals surface area contributed by atoms with Gasteiger partial charge in [0.1, 0.15) is 11.6 Å². The van der Waals surface area contributed by atoms with E-state index in [0.717, 1.165) is 24.7 Å². The summed E-state index contributed by atoms with van der Waals surface area (Å²) in [5.41, 5.74) is 5.57. The molecule has 0 spiro atoms. The Morgan fingerprint density at radius 1 is 1.73 bits per heavy atom. The predicted octanol–water partition coefficient (Wildman–Crippen LogP) is 1.05. The first-order valence-corrected chi connectivity index (χ1v) is 4.07. The van der Waals surface area contributed by atoms with Gasteiger partial charge in [-0.25, -0.2) is 4.98 Å². The number of nitrogen functional groups attached to an aromatic ring is 1. The van der Waals surface area contributed by atoms with E-state index in [0.29, 0.717) is 5.82 Å². The second kappa shape index (κ2) is 2.26. The number of nitrogens with two attached hydrogens (primary N) is 1. The SMILES string of the molecule is CC1CCn2cc(N)nc2C1. The zero-order chi connectivity index (χ0) is 7.84. The molecule has 0 saturated carbocycles. The molecule has 2 N–H and O–H groups in total. The largest absolute Gasteiger partial charge is 0.382 e. The molecule has 0 aromatic carbocycles. The van der Waals surface area contributed by atoms with Crippen LogP contribution in [0.4, 0.5) is 5.82 Å². The number of fused-ring (bicyclic) bond motifs is 1. The summed E-state index contributed by atoms with van der Waals surface area (Å²) in [6.07, 6.45) is 4.27. The molecular weight excluding hydrogens is 138 g/mol. The second-order valence-electron chi connectivity index (χ2n) is 3.37. The molecule has 2 heterocycles. The maximum atomic E-state index is 5.57. The molecule has 0 fully saturated rings. The zero-order valence-corrected chi connectivity index (χ0v) is 6.75. The number of imidazole rings is 1. The van der Waals surface area contributed by atoms with E-state index in [4.69, 9.17) is 5.73 Å². The highest BCUT2D eigenvalue weighted by molar-refractivity contribution is 5.26. The molecule has 11 heavy (non-hydrogen) atoms. The molecule has 0 aliphatic carbocycles. The topological polar surface area (TPSA) is 43.8 Å².